The summed E-state index contributed by atoms with van der Waals surface area (Å²) < 4.78 is 0. The molecule has 2 aromatic rings. The van der Waals surface area contributed by atoms with Gasteiger partial charge in [-0.3, -0.25) is 9.59 Å². The molecule has 0 saturated heterocycles. The zero-order valence-corrected chi connectivity index (χ0v) is 12.3. The topological polar surface area (TPSA) is 57.6 Å². The van der Waals surface area contributed by atoms with Gasteiger partial charge in [-0.2, -0.15) is 0 Å². The average Bonchev–Trinajstić information content (AvgIpc) is 2.81. The van der Waals surface area contributed by atoms with Gasteiger partial charge in [0.15, 0.2) is 0 Å². The van der Waals surface area contributed by atoms with Crippen molar-refractivity contribution in [2.75, 3.05) is 11.5 Å². The van der Waals surface area contributed by atoms with Gasteiger partial charge in [0, 0.05) is 12.5 Å². The number of carbonyl (C=O) groups excluding carboxylic acids is 2. The average molecular weight is 295 g/mol. The highest BCUT2D eigenvalue weighted by Gasteiger charge is 2.36. The third-order valence-corrected chi connectivity index (χ3v) is 4.13. The third-order valence-electron chi connectivity index (χ3n) is 4.13. The molecular weight excluding hydrogens is 278 g/mol. The van der Waals surface area contributed by atoms with E-state index in [0.29, 0.717) is 16.8 Å². The Balaban J connectivity index is 1.93. The SMILES string of the molecule is CCC(CO)c1ccc(N2C(=O)c3ccccc3C2=O)cc1. The van der Waals surface area contributed by atoms with Gasteiger partial charge in [0.2, 0.25) is 0 Å². The summed E-state index contributed by atoms with van der Waals surface area (Å²) in [7, 11) is 0. The Morgan fingerprint density at radius 2 is 1.50 bits per heavy atom. The Kier molecular flexibility index (Phi) is 3.77. The molecule has 1 aliphatic rings. The van der Waals surface area contributed by atoms with Crippen LogP contribution >= 0.6 is 0 Å². The highest BCUT2D eigenvalue weighted by Crippen LogP contribution is 2.29. The Bertz CT molecular complexity index is 682. The minimum absolute atomic E-state index is 0.0798. The molecule has 1 unspecified atom stereocenters. The van der Waals surface area contributed by atoms with Crippen LogP contribution in [0.3, 0.4) is 0 Å². The molecule has 22 heavy (non-hydrogen) atoms. The molecule has 0 spiro atoms. The van der Waals surface area contributed by atoms with Crippen molar-refractivity contribution < 1.29 is 14.7 Å². The number of rotatable bonds is 4. The van der Waals surface area contributed by atoms with Crippen LogP contribution in [0.5, 0.6) is 0 Å². The first kappa shape index (κ1) is 14.5. The second-order valence-electron chi connectivity index (χ2n) is 5.37. The molecule has 0 fully saturated rings. The predicted molar refractivity (Wildman–Crippen MR) is 84.1 cm³/mol. The number of benzene rings is 2. The van der Waals surface area contributed by atoms with Crippen LogP contribution in [-0.4, -0.2) is 23.5 Å². The third kappa shape index (κ3) is 2.22. The zero-order valence-electron chi connectivity index (χ0n) is 12.3. The van der Waals surface area contributed by atoms with E-state index in [1.807, 2.05) is 19.1 Å². The first-order chi connectivity index (χ1) is 10.7. The maximum Gasteiger partial charge on any atom is 0.266 e. The van der Waals surface area contributed by atoms with E-state index in [1.165, 1.54) is 4.90 Å². The van der Waals surface area contributed by atoms with Crippen LogP contribution in [-0.2, 0) is 0 Å². The molecule has 1 N–H and O–H groups in total. The van der Waals surface area contributed by atoms with Crippen LogP contribution in [0.2, 0.25) is 0 Å². The van der Waals surface area contributed by atoms with Crippen molar-refractivity contribution in [1.82, 2.24) is 0 Å². The van der Waals surface area contributed by atoms with Gasteiger partial charge in [-0.25, -0.2) is 4.90 Å². The van der Waals surface area contributed by atoms with Crippen molar-refractivity contribution in [2.24, 2.45) is 0 Å². The number of carbonyl (C=O) groups is 2. The van der Waals surface area contributed by atoms with E-state index < -0.39 is 0 Å². The standard InChI is InChI=1S/C18H17NO3/c1-2-12(11-20)13-7-9-14(10-8-13)19-17(21)15-5-3-4-6-16(15)18(19)22/h3-10,12,20H,2,11H2,1H3. The van der Waals surface area contributed by atoms with Gasteiger partial charge in [-0.05, 0) is 36.2 Å². The largest absolute Gasteiger partial charge is 0.396 e. The molecule has 2 amide bonds. The molecule has 0 aliphatic carbocycles. The molecule has 1 aliphatic heterocycles. The summed E-state index contributed by atoms with van der Waals surface area (Å²) in [5.41, 5.74) is 2.45. The first-order valence-electron chi connectivity index (χ1n) is 7.36. The van der Waals surface area contributed by atoms with Crippen LogP contribution in [0.25, 0.3) is 0 Å². The van der Waals surface area contributed by atoms with E-state index in [9.17, 15) is 14.7 Å². The molecule has 4 heteroatoms. The van der Waals surface area contributed by atoms with Crippen molar-refractivity contribution in [1.29, 1.82) is 0 Å². The quantitative estimate of drug-likeness (QED) is 0.882. The van der Waals surface area contributed by atoms with E-state index in [-0.39, 0.29) is 24.3 Å². The van der Waals surface area contributed by atoms with Gasteiger partial charge >= 0.3 is 0 Å². The number of fused-ring (bicyclic) bond motifs is 1. The minimum Gasteiger partial charge on any atom is -0.396 e. The highest BCUT2D eigenvalue weighted by atomic mass is 16.3. The highest BCUT2D eigenvalue weighted by molar-refractivity contribution is 6.34. The lowest BCUT2D eigenvalue weighted by Gasteiger charge is -2.16. The fraction of sp³-hybridized carbons (Fsp3) is 0.222. The Morgan fingerprint density at radius 3 is 1.95 bits per heavy atom. The van der Waals surface area contributed by atoms with E-state index in [2.05, 4.69) is 0 Å². The fourth-order valence-corrected chi connectivity index (χ4v) is 2.79. The van der Waals surface area contributed by atoms with Crippen molar-refractivity contribution in [3.8, 4) is 0 Å². The summed E-state index contributed by atoms with van der Waals surface area (Å²) in [6.45, 7) is 2.10. The van der Waals surface area contributed by atoms with Crippen molar-refractivity contribution in [2.45, 2.75) is 19.3 Å². The summed E-state index contributed by atoms with van der Waals surface area (Å²) in [6.07, 6.45) is 0.836. The van der Waals surface area contributed by atoms with E-state index in [4.69, 9.17) is 0 Å². The molecule has 4 nitrogen and oxygen atoms in total. The number of aliphatic hydroxyl groups is 1. The van der Waals surface area contributed by atoms with E-state index in [1.54, 1.807) is 36.4 Å². The van der Waals surface area contributed by atoms with Gasteiger partial charge in [0.25, 0.3) is 11.8 Å². The van der Waals surface area contributed by atoms with Crippen LogP contribution < -0.4 is 4.90 Å². The summed E-state index contributed by atoms with van der Waals surface area (Å²) in [5.74, 6) is -0.499. The first-order valence-corrected chi connectivity index (χ1v) is 7.36. The van der Waals surface area contributed by atoms with Gasteiger partial charge in [-0.15, -0.1) is 0 Å². The van der Waals surface area contributed by atoms with Gasteiger partial charge < -0.3 is 5.11 Å². The molecule has 3 rings (SSSR count). The Morgan fingerprint density at radius 1 is 0.955 bits per heavy atom. The number of hydrogen-bond acceptors (Lipinski definition) is 3. The molecule has 1 heterocycles. The number of anilines is 1. The number of aliphatic hydroxyl groups excluding tert-OH is 1. The second kappa shape index (κ2) is 5.73. The zero-order chi connectivity index (χ0) is 15.7. The van der Waals surface area contributed by atoms with Crippen LogP contribution in [0.4, 0.5) is 5.69 Å². The Hall–Kier alpha value is -2.46. The molecular formula is C18H17NO3. The predicted octanol–water partition coefficient (Wildman–Crippen LogP) is 2.97. The van der Waals surface area contributed by atoms with Gasteiger partial charge in [-0.1, -0.05) is 31.2 Å². The van der Waals surface area contributed by atoms with Crippen molar-refractivity contribution in [3.05, 3.63) is 65.2 Å². The van der Waals surface area contributed by atoms with E-state index >= 15 is 0 Å². The minimum atomic E-state index is -0.289. The van der Waals surface area contributed by atoms with Gasteiger partial charge in [0.1, 0.15) is 0 Å². The molecule has 1 atom stereocenters. The maximum absolute atomic E-state index is 12.4. The molecule has 0 aromatic heterocycles. The molecule has 112 valence electrons. The number of imide groups is 1. The summed E-state index contributed by atoms with van der Waals surface area (Å²) in [6, 6.07) is 14.1. The number of nitrogens with zero attached hydrogens (tertiary/aromatic N) is 1. The molecule has 0 radical (unpaired) electrons. The van der Waals surface area contributed by atoms with Gasteiger partial charge in [0.05, 0.1) is 16.8 Å². The lowest BCUT2D eigenvalue weighted by atomic mass is 9.97. The van der Waals surface area contributed by atoms with Crippen molar-refractivity contribution in [3.63, 3.8) is 0 Å². The number of amides is 2. The number of hydrogen-bond donors (Lipinski definition) is 1. The lowest BCUT2D eigenvalue weighted by Crippen LogP contribution is -2.29. The summed E-state index contributed by atoms with van der Waals surface area (Å²) in [4.78, 5) is 26.0. The normalized spacial score (nSPS) is 15.1. The molecule has 0 saturated carbocycles. The monoisotopic (exact) mass is 295 g/mol. The maximum atomic E-state index is 12.4. The van der Waals surface area contributed by atoms with E-state index in [0.717, 1.165) is 12.0 Å². The smallest absolute Gasteiger partial charge is 0.266 e. The molecule has 0 bridgehead atoms. The van der Waals surface area contributed by atoms with Crippen molar-refractivity contribution >= 4 is 17.5 Å². The summed E-state index contributed by atoms with van der Waals surface area (Å²) in [5, 5.41) is 9.34. The Labute approximate surface area is 129 Å². The van der Waals surface area contributed by atoms with Crippen LogP contribution in [0.15, 0.2) is 48.5 Å². The van der Waals surface area contributed by atoms with Crippen LogP contribution in [0.1, 0.15) is 45.5 Å². The molecule has 2 aromatic carbocycles. The fourth-order valence-electron chi connectivity index (χ4n) is 2.79. The lowest BCUT2D eigenvalue weighted by molar-refractivity contribution is 0.0926. The van der Waals surface area contributed by atoms with Crippen LogP contribution in [0, 0.1) is 0 Å². The summed E-state index contributed by atoms with van der Waals surface area (Å²) >= 11 is 0. The second-order valence-corrected chi connectivity index (χ2v) is 5.37.